The van der Waals surface area contributed by atoms with Crippen LogP contribution in [0.3, 0.4) is 0 Å². The highest BCUT2D eigenvalue weighted by molar-refractivity contribution is 5.94. The molecule has 7 heteroatoms. The van der Waals surface area contributed by atoms with E-state index in [0.717, 1.165) is 32.4 Å². The largest absolute Gasteiger partial charge is 0.483 e. The van der Waals surface area contributed by atoms with Crippen molar-refractivity contribution >= 4 is 18.3 Å². The first-order chi connectivity index (χ1) is 11.1. The van der Waals surface area contributed by atoms with E-state index in [1.807, 2.05) is 0 Å². The second-order valence-corrected chi connectivity index (χ2v) is 6.38. The van der Waals surface area contributed by atoms with Crippen LogP contribution in [0.15, 0.2) is 9.98 Å². The van der Waals surface area contributed by atoms with E-state index < -0.39 is 0 Å². The summed E-state index contributed by atoms with van der Waals surface area (Å²) >= 11 is 0. The maximum absolute atomic E-state index is 10.5. The molecule has 0 aliphatic carbocycles. The Labute approximate surface area is 137 Å². The molecule has 2 aliphatic rings. The Morgan fingerprint density at radius 1 is 1.26 bits per heavy atom. The van der Waals surface area contributed by atoms with Gasteiger partial charge in [0.05, 0.1) is 14.2 Å². The Bertz CT molecular complexity index is 464. The Morgan fingerprint density at radius 2 is 2.00 bits per heavy atom. The fourth-order valence-corrected chi connectivity index (χ4v) is 3.21. The molecule has 23 heavy (non-hydrogen) atoms. The number of hydrogen-bond donors (Lipinski definition) is 0. The van der Waals surface area contributed by atoms with Crippen molar-refractivity contribution in [1.29, 1.82) is 0 Å². The van der Waals surface area contributed by atoms with Crippen LogP contribution in [0.25, 0.3) is 0 Å². The second kappa shape index (κ2) is 8.29. The maximum atomic E-state index is 10.5. The van der Waals surface area contributed by atoms with Gasteiger partial charge in [0.25, 0.3) is 0 Å². The molecule has 0 saturated carbocycles. The zero-order valence-electron chi connectivity index (χ0n) is 14.4. The van der Waals surface area contributed by atoms with Gasteiger partial charge in [0.2, 0.25) is 11.8 Å². The lowest BCUT2D eigenvalue weighted by molar-refractivity contribution is -0.182. The molecule has 2 rings (SSSR count). The number of piperidine rings is 1. The minimum Gasteiger partial charge on any atom is -0.483 e. The van der Waals surface area contributed by atoms with E-state index in [4.69, 9.17) is 24.3 Å². The fourth-order valence-electron chi connectivity index (χ4n) is 3.21. The van der Waals surface area contributed by atoms with Gasteiger partial charge in [0.15, 0.2) is 0 Å². The van der Waals surface area contributed by atoms with Crippen LogP contribution >= 0.6 is 0 Å². The molecule has 7 nitrogen and oxygen atoms in total. The summed E-state index contributed by atoms with van der Waals surface area (Å²) in [6, 6.07) is -0.224. The molecule has 1 fully saturated rings. The van der Waals surface area contributed by atoms with Crippen molar-refractivity contribution < 1.29 is 19.1 Å². The van der Waals surface area contributed by atoms with E-state index in [2.05, 4.69) is 13.8 Å². The lowest BCUT2D eigenvalue weighted by Crippen LogP contribution is -2.41. The minimum atomic E-state index is -0.133. The minimum absolute atomic E-state index is 0.0903. The Kier molecular flexibility index (Phi) is 6.38. The van der Waals surface area contributed by atoms with Crippen molar-refractivity contribution in [2.45, 2.75) is 45.2 Å². The van der Waals surface area contributed by atoms with Gasteiger partial charge in [-0.05, 0) is 31.1 Å². The average Bonchev–Trinajstić information content (AvgIpc) is 2.55. The monoisotopic (exact) mass is 325 g/mol. The van der Waals surface area contributed by atoms with Gasteiger partial charge in [-0.15, -0.1) is 5.06 Å². The van der Waals surface area contributed by atoms with E-state index in [1.165, 1.54) is 0 Å². The molecule has 2 aliphatic heterocycles. The van der Waals surface area contributed by atoms with Gasteiger partial charge in [-0.1, -0.05) is 13.8 Å². The van der Waals surface area contributed by atoms with Crippen molar-refractivity contribution in [2.75, 3.05) is 27.3 Å². The van der Waals surface area contributed by atoms with Gasteiger partial charge < -0.3 is 14.3 Å². The number of methoxy groups -OCH3 is 2. The summed E-state index contributed by atoms with van der Waals surface area (Å²) in [5, 5.41) is 1.71. The summed E-state index contributed by atoms with van der Waals surface area (Å²) < 4.78 is 10.9. The predicted molar refractivity (Wildman–Crippen MR) is 87.4 cm³/mol. The van der Waals surface area contributed by atoms with E-state index in [0.29, 0.717) is 30.1 Å². The maximum Gasteiger partial charge on any atom is 0.312 e. The highest BCUT2D eigenvalue weighted by atomic mass is 16.7. The molecule has 130 valence electrons. The van der Waals surface area contributed by atoms with E-state index in [-0.39, 0.29) is 12.1 Å². The molecule has 1 unspecified atom stereocenters. The molecular weight excluding hydrogens is 298 g/mol. The van der Waals surface area contributed by atoms with E-state index >= 15 is 0 Å². The van der Waals surface area contributed by atoms with E-state index in [9.17, 15) is 4.79 Å². The average molecular weight is 325 g/mol. The van der Waals surface area contributed by atoms with E-state index in [1.54, 1.807) is 19.3 Å². The van der Waals surface area contributed by atoms with Gasteiger partial charge in [0, 0.05) is 13.1 Å². The predicted octanol–water partition coefficient (Wildman–Crippen LogP) is 1.67. The number of hydrogen-bond acceptors (Lipinski definition) is 7. The molecule has 0 aromatic heterocycles. The summed E-state index contributed by atoms with van der Waals surface area (Å²) in [6.07, 6.45) is 2.89. The molecule has 0 radical (unpaired) electrons. The van der Waals surface area contributed by atoms with Crippen molar-refractivity contribution in [3.05, 3.63) is 0 Å². The number of carbonyl (C=O) groups excluding carboxylic acids is 1. The van der Waals surface area contributed by atoms with Gasteiger partial charge >= 0.3 is 6.47 Å². The fraction of sp³-hybridized carbons (Fsp3) is 0.812. The highest BCUT2D eigenvalue weighted by Gasteiger charge is 2.33. The quantitative estimate of drug-likeness (QED) is 0.719. The molecule has 0 aromatic carbocycles. The third-order valence-corrected chi connectivity index (χ3v) is 4.37. The number of rotatable bonds is 5. The molecule has 1 saturated heterocycles. The van der Waals surface area contributed by atoms with Gasteiger partial charge in [-0.2, -0.15) is 0 Å². The summed E-state index contributed by atoms with van der Waals surface area (Å²) in [7, 11) is 3.28. The molecule has 0 spiro atoms. The van der Waals surface area contributed by atoms with Crippen LogP contribution in [-0.4, -0.2) is 62.7 Å². The van der Waals surface area contributed by atoms with Gasteiger partial charge in [-0.3, -0.25) is 4.79 Å². The summed E-state index contributed by atoms with van der Waals surface area (Å²) in [4.78, 5) is 24.9. The molecule has 0 amide bonds. The number of nitrogens with zero attached hydrogens (tertiary/aromatic N) is 3. The topological polar surface area (TPSA) is 72.7 Å². The Balaban J connectivity index is 2.07. The first kappa shape index (κ1) is 17.7. The van der Waals surface area contributed by atoms with Crippen LogP contribution in [0, 0.1) is 11.8 Å². The molecule has 2 heterocycles. The summed E-state index contributed by atoms with van der Waals surface area (Å²) in [5.74, 6) is 2.01. The van der Waals surface area contributed by atoms with Crippen LogP contribution in [0.1, 0.15) is 33.1 Å². The van der Waals surface area contributed by atoms with Crippen LogP contribution in [0.4, 0.5) is 0 Å². The number of ether oxygens (including phenoxy) is 2. The normalized spacial score (nSPS) is 28.8. The SMILES string of the molecule is COC1=N[C@@H](C[C@@H]2CCCN(OC=O)C2)C(OC)=NC1C(C)C. The highest BCUT2D eigenvalue weighted by Crippen LogP contribution is 2.26. The first-order valence-corrected chi connectivity index (χ1v) is 8.17. The molecule has 0 aromatic rings. The second-order valence-electron chi connectivity index (χ2n) is 6.38. The van der Waals surface area contributed by atoms with Crippen LogP contribution in [0.2, 0.25) is 0 Å². The Hall–Kier alpha value is -1.63. The van der Waals surface area contributed by atoms with Gasteiger partial charge in [0.1, 0.15) is 12.1 Å². The van der Waals surface area contributed by atoms with Crippen molar-refractivity contribution in [2.24, 2.45) is 21.8 Å². The molecule has 0 N–H and O–H groups in total. The van der Waals surface area contributed by atoms with Crippen LogP contribution in [-0.2, 0) is 19.1 Å². The third kappa shape index (κ3) is 4.43. The number of aliphatic imine (C=N–C) groups is 2. The zero-order valence-corrected chi connectivity index (χ0v) is 14.4. The zero-order chi connectivity index (χ0) is 16.8. The van der Waals surface area contributed by atoms with Gasteiger partial charge in [-0.25, -0.2) is 9.98 Å². The smallest absolute Gasteiger partial charge is 0.312 e. The summed E-state index contributed by atoms with van der Waals surface area (Å²) in [6.45, 7) is 6.17. The third-order valence-electron chi connectivity index (χ3n) is 4.37. The molecule has 0 bridgehead atoms. The Morgan fingerprint density at radius 3 is 2.61 bits per heavy atom. The standard InChI is InChI=1S/C16H27N3O4/c1-11(2)14-16(22-4)17-13(15(18-14)21-3)8-12-6-5-7-19(9-12)23-10-20/h10-14H,5-9H2,1-4H3/t12-,13-,14?/m0/s1. The van der Waals surface area contributed by atoms with Crippen molar-refractivity contribution in [1.82, 2.24) is 5.06 Å². The first-order valence-electron chi connectivity index (χ1n) is 8.17. The van der Waals surface area contributed by atoms with Crippen LogP contribution < -0.4 is 0 Å². The van der Waals surface area contributed by atoms with Crippen molar-refractivity contribution in [3.8, 4) is 0 Å². The molecular formula is C16H27N3O4. The lowest BCUT2D eigenvalue weighted by Gasteiger charge is -2.33. The summed E-state index contributed by atoms with van der Waals surface area (Å²) in [5.41, 5.74) is 0. The number of hydroxylamine groups is 2. The van der Waals surface area contributed by atoms with Crippen LogP contribution in [0.5, 0.6) is 0 Å². The lowest BCUT2D eigenvalue weighted by atomic mass is 9.91. The van der Waals surface area contributed by atoms with Crippen molar-refractivity contribution in [3.63, 3.8) is 0 Å². The molecule has 3 atom stereocenters. The number of carbonyl (C=O) groups is 1.